The maximum Gasteiger partial charge on any atom is 0.414 e. The number of anilines is 1. The third kappa shape index (κ3) is 5.76. The van der Waals surface area contributed by atoms with E-state index in [1.165, 1.54) is 11.3 Å². The largest absolute Gasteiger partial charge is 0.414 e. The molecule has 1 aromatic carbocycles. The maximum atomic E-state index is 13.3. The second-order valence-corrected chi connectivity index (χ2v) is 11.2. The van der Waals surface area contributed by atoms with E-state index in [-0.39, 0.29) is 11.8 Å². The molecule has 0 aliphatic carbocycles. The molecule has 176 valence electrons. The maximum absolute atomic E-state index is 13.3. The number of nitrogens with one attached hydrogen (secondary N) is 2. The predicted molar refractivity (Wildman–Crippen MR) is 132 cm³/mol. The fourth-order valence-corrected chi connectivity index (χ4v) is 5.64. The molecule has 0 unspecified atom stereocenters. The number of amides is 3. The highest BCUT2D eigenvalue weighted by atomic mass is 79.9. The summed E-state index contributed by atoms with van der Waals surface area (Å²) in [6.45, 7) is 2.20. The van der Waals surface area contributed by atoms with Crippen LogP contribution in [0.25, 0.3) is 0 Å². The Morgan fingerprint density at radius 1 is 1.06 bits per heavy atom. The summed E-state index contributed by atoms with van der Waals surface area (Å²) in [5, 5.41) is 6.06. The van der Waals surface area contributed by atoms with E-state index in [9.17, 15) is 14.4 Å². The summed E-state index contributed by atoms with van der Waals surface area (Å²) in [5.41, 5.74) is -0.0899. The molecule has 3 heterocycles. The quantitative estimate of drug-likeness (QED) is 0.515. The van der Waals surface area contributed by atoms with E-state index in [0.29, 0.717) is 46.8 Å². The van der Waals surface area contributed by atoms with Gasteiger partial charge in [0.1, 0.15) is 5.54 Å². The fraction of sp³-hybridized carbons (Fsp3) is 0.409. The van der Waals surface area contributed by atoms with Crippen LogP contribution >= 0.6 is 43.2 Å². The zero-order valence-corrected chi connectivity index (χ0v) is 21.7. The number of halogens is 2. The summed E-state index contributed by atoms with van der Waals surface area (Å²) in [6.07, 6.45) is 1.96. The molecule has 2 saturated heterocycles. The van der Waals surface area contributed by atoms with Crippen molar-refractivity contribution in [3.63, 3.8) is 0 Å². The summed E-state index contributed by atoms with van der Waals surface area (Å²) in [4.78, 5) is 40.4. The van der Waals surface area contributed by atoms with Crippen molar-refractivity contribution in [2.75, 3.05) is 31.6 Å². The molecule has 2 fully saturated rings. The van der Waals surface area contributed by atoms with Gasteiger partial charge in [0.25, 0.3) is 5.91 Å². The van der Waals surface area contributed by atoms with Gasteiger partial charge in [-0.05, 0) is 75.0 Å². The molecule has 2 aliphatic heterocycles. The van der Waals surface area contributed by atoms with Crippen LogP contribution in [0.5, 0.6) is 5.06 Å². The zero-order valence-electron chi connectivity index (χ0n) is 17.7. The van der Waals surface area contributed by atoms with Crippen molar-refractivity contribution in [2.45, 2.75) is 31.2 Å². The molecule has 2 N–H and O–H groups in total. The van der Waals surface area contributed by atoms with E-state index >= 15 is 0 Å². The first-order chi connectivity index (χ1) is 15.9. The van der Waals surface area contributed by atoms with Crippen molar-refractivity contribution >= 4 is 66.8 Å². The fourth-order valence-electron chi connectivity index (χ4n) is 3.90. The second kappa shape index (κ2) is 10.5. The molecule has 0 atom stereocenters. The number of benzene rings is 1. The van der Waals surface area contributed by atoms with Crippen LogP contribution in [0.1, 0.15) is 36.0 Å². The van der Waals surface area contributed by atoms with Crippen LogP contribution < -0.4 is 15.4 Å². The van der Waals surface area contributed by atoms with Crippen molar-refractivity contribution in [1.29, 1.82) is 0 Å². The van der Waals surface area contributed by atoms with Crippen LogP contribution in [0.15, 0.2) is 38.6 Å². The van der Waals surface area contributed by atoms with Gasteiger partial charge in [0.2, 0.25) is 5.91 Å². The molecular formula is C22H23Br2N3O5S. The molecule has 1 aromatic heterocycles. The molecular weight excluding hydrogens is 578 g/mol. The topological polar surface area (TPSA) is 97.0 Å². The molecule has 2 aromatic rings. The number of carbonyl (C=O) groups is 3. The minimum absolute atomic E-state index is 0.0252. The predicted octanol–water partition coefficient (Wildman–Crippen LogP) is 4.79. The standard InChI is InChI=1S/C22H23Br2N3O5S/c23-16-13-14(3-4-15(16)19(28)27-9-1-2-10-27)25-20(29)22(7-11-31-12-8-22)26-21(30)32-18-6-5-17(24)33-18/h3-6,13H,1-2,7-12H2,(H,25,29)(H,26,30). The summed E-state index contributed by atoms with van der Waals surface area (Å²) in [6, 6.07) is 8.55. The Morgan fingerprint density at radius 2 is 1.79 bits per heavy atom. The normalized spacial score (nSPS) is 17.5. The van der Waals surface area contributed by atoms with Gasteiger partial charge in [-0.15, -0.1) is 0 Å². The number of rotatable bonds is 5. The van der Waals surface area contributed by atoms with Crippen LogP contribution in [0.3, 0.4) is 0 Å². The number of likely N-dealkylation sites (tertiary alicyclic amines) is 1. The number of carbonyl (C=O) groups excluding carboxylic acids is 3. The third-order valence-electron chi connectivity index (χ3n) is 5.71. The van der Waals surface area contributed by atoms with Crippen molar-refractivity contribution < 1.29 is 23.9 Å². The van der Waals surface area contributed by atoms with Gasteiger partial charge in [-0.1, -0.05) is 11.3 Å². The molecule has 0 spiro atoms. The van der Waals surface area contributed by atoms with Gasteiger partial charge in [0.15, 0.2) is 5.06 Å². The second-order valence-electron chi connectivity index (χ2n) is 7.92. The summed E-state index contributed by atoms with van der Waals surface area (Å²) in [7, 11) is 0. The van der Waals surface area contributed by atoms with E-state index < -0.39 is 11.6 Å². The van der Waals surface area contributed by atoms with Gasteiger partial charge >= 0.3 is 6.09 Å². The molecule has 11 heteroatoms. The molecule has 8 nitrogen and oxygen atoms in total. The first-order valence-corrected chi connectivity index (χ1v) is 13.0. The Morgan fingerprint density at radius 3 is 2.42 bits per heavy atom. The Hall–Kier alpha value is -1.95. The van der Waals surface area contributed by atoms with Gasteiger partial charge in [-0.2, -0.15) is 0 Å². The third-order valence-corrected chi connectivity index (χ3v) is 7.87. The lowest BCUT2D eigenvalue weighted by molar-refractivity contribution is -0.125. The van der Waals surface area contributed by atoms with Gasteiger partial charge in [0, 0.05) is 49.3 Å². The highest BCUT2D eigenvalue weighted by molar-refractivity contribution is 9.11. The highest BCUT2D eigenvalue weighted by Gasteiger charge is 2.42. The average Bonchev–Trinajstić information content (AvgIpc) is 3.46. The lowest BCUT2D eigenvalue weighted by atomic mass is 9.89. The number of ether oxygens (including phenoxy) is 2. The van der Waals surface area contributed by atoms with Crippen LogP contribution in [-0.4, -0.2) is 54.6 Å². The first-order valence-electron chi connectivity index (χ1n) is 10.6. The number of thiophene rings is 1. The van der Waals surface area contributed by atoms with E-state index in [4.69, 9.17) is 9.47 Å². The Kier molecular flexibility index (Phi) is 7.72. The van der Waals surface area contributed by atoms with E-state index in [0.717, 1.165) is 29.7 Å². The van der Waals surface area contributed by atoms with Gasteiger partial charge in [-0.25, -0.2) is 4.79 Å². The summed E-state index contributed by atoms with van der Waals surface area (Å²) >= 11 is 8.07. The smallest absolute Gasteiger partial charge is 0.399 e. The van der Waals surface area contributed by atoms with Crippen molar-refractivity contribution in [3.8, 4) is 5.06 Å². The lowest BCUT2D eigenvalue weighted by Crippen LogP contribution is -2.60. The van der Waals surface area contributed by atoms with Gasteiger partial charge < -0.3 is 25.0 Å². The first kappa shape index (κ1) is 24.2. The number of hydrogen-bond acceptors (Lipinski definition) is 6. The molecule has 0 bridgehead atoms. The van der Waals surface area contributed by atoms with E-state index in [1.807, 2.05) is 4.90 Å². The monoisotopic (exact) mass is 599 g/mol. The van der Waals surface area contributed by atoms with Crippen LogP contribution in [-0.2, 0) is 9.53 Å². The van der Waals surface area contributed by atoms with Crippen molar-refractivity contribution in [2.24, 2.45) is 0 Å². The van der Waals surface area contributed by atoms with Crippen molar-refractivity contribution in [3.05, 3.63) is 44.2 Å². The Bertz CT molecular complexity index is 1050. The molecule has 3 amide bonds. The van der Waals surface area contributed by atoms with Gasteiger partial charge in [0.05, 0.1) is 9.35 Å². The molecule has 2 aliphatic rings. The molecule has 0 saturated carbocycles. The number of hydrogen-bond donors (Lipinski definition) is 2. The van der Waals surface area contributed by atoms with Gasteiger partial charge in [-0.3, -0.25) is 9.59 Å². The highest BCUT2D eigenvalue weighted by Crippen LogP contribution is 2.30. The SMILES string of the molecule is O=C(NC1(C(=O)Nc2ccc(C(=O)N3CCCC3)c(Br)c2)CCOCC1)Oc1ccc(Br)s1. The van der Waals surface area contributed by atoms with Crippen LogP contribution in [0, 0.1) is 0 Å². The van der Waals surface area contributed by atoms with Crippen LogP contribution in [0.4, 0.5) is 10.5 Å². The van der Waals surface area contributed by atoms with E-state index in [1.54, 1.807) is 30.3 Å². The Balaban J connectivity index is 1.46. The summed E-state index contributed by atoms with van der Waals surface area (Å²) in [5.74, 6) is -0.386. The lowest BCUT2D eigenvalue weighted by Gasteiger charge is -2.35. The number of nitrogens with zero attached hydrogens (tertiary/aromatic N) is 1. The molecule has 0 radical (unpaired) electrons. The minimum Gasteiger partial charge on any atom is -0.399 e. The Labute approximate surface area is 212 Å². The van der Waals surface area contributed by atoms with E-state index in [2.05, 4.69) is 42.5 Å². The zero-order chi connectivity index (χ0) is 23.4. The molecule has 33 heavy (non-hydrogen) atoms. The minimum atomic E-state index is -1.17. The molecule has 4 rings (SSSR count). The van der Waals surface area contributed by atoms with Crippen LogP contribution in [0.2, 0.25) is 0 Å². The van der Waals surface area contributed by atoms with Crippen molar-refractivity contribution in [1.82, 2.24) is 10.2 Å². The average molecular weight is 601 g/mol. The summed E-state index contributed by atoms with van der Waals surface area (Å²) < 4.78 is 12.2.